The summed E-state index contributed by atoms with van der Waals surface area (Å²) in [4.78, 5) is 12.7. The van der Waals surface area contributed by atoms with E-state index in [9.17, 15) is 10.1 Å². The Labute approximate surface area is 209 Å². The minimum absolute atomic E-state index is 0.0449. The van der Waals surface area contributed by atoms with Crippen LogP contribution in [-0.4, -0.2) is 5.91 Å². The molecule has 0 spiro atoms. The molecule has 7 heteroatoms. The molecule has 0 atom stereocenters. The molecule has 3 rings (SSSR count). The Hall–Kier alpha value is -2.59. The highest BCUT2D eigenvalue weighted by Crippen LogP contribution is 2.36. The zero-order valence-corrected chi connectivity index (χ0v) is 21.3. The van der Waals surface area contributed by atoms with Gasteiger partial charge in [-0.25, -0.2) is 0 Å². The van der Waals surface area contributed by atoms with Crippen molar-refractivity contribution < 1.29 is 9.53 Å². The lowest BCUT2D eigenvalue weighted by Crippen LogP contribution is -2.14. The van der Waals surface area contributed by atoms with Gasteiger partial charge in [0, 0.05) is 0 Å². The van der Waals surface area contributed by atoms with Gasteiger partial charge in [0.1, 0.15) is 24.0 Å². The second-order valence-corrected chi connectivity index (χ2v) is 9.26. The smallest absolute Gasteiger partial charge is 0.266 e. The number of nitrogens with one attached hydrogen (secondary N) is 1. The predicted octanol–water partition coefficient (Wildman–Crippen LogP) is 7.61. The van der Waals surface area contributed by atoms with Crippen LogP contribution < -0.4 is 10.1 Å². The van der Waals surface area contributed by atoms with Crippen molar-refractivity contribution in [2.75, 3.05) is 5.32 Å². The number of amides is 1. The number of nitrogens with zero attached hydrogens (tertiary/aromatic N) is 1. The fourth-order valence-electron chi connectivity index (χ4n) is 3.04. The van der Waals surface area contributed by atoms with Crippen molar-refractivity contribution in [3.63, 3.8) is 0 Å². The predicted molar refractivity (Wildman–Crippen MR) is 136 cm³/mol. The van der Waals surface area contributed by atoms with Crippen LogP contribution in [0, 0.1) is 25.2 Å². The molecule has 0 saturated carbocycles. The number of para-hydroxylation sites is 1. The largest absolute Gasteiger partial charge is 0.487 e. The molecule has 1 N–H and O–H groups in total. The number of hydrogen-bond donors (Lipinski definition) is 1. The van der Waals surface area contributed by atoms with E-state index in [2.05, 4.69) is 43.2 Å². The highest BCUT2D eigenvalue weighted by Gasteiger charge is 2.15. The Morgan fingerprint density at radius 3 is 2.44 bits per heavy atom. The van der Waals surface area contributed by atoms with Crippen molar-refractivity contribution in [1.82, 2.24) is 0 Å². The summed E-state index contributed by atoms with van der Waals surface area (Å²) in [6.45, 7) is 4.28. The molecule has 0 bridgehead atoms. The van der Waals surface area contributed by atoms with Gasteiger partial charge in [0.05, 0.1) is 19.7 Å². The number of aryl methyl sites for hydroxylation is 2. The first-order valence-electron chi connectivity index (χ1n) is 9.64. The average molecular weight is 575 g/mol. The standard InChI is InChI=1S/C25H19Br2ClN2O2/c1-15-5-3-7-17(9-15)14-32-24-20(26)11-18(12-21(24)27)10-19(13-29)25(31)30-23-16(2)6-4-8-22(23)28/h3-12H,14H2,1-2H3,(H,30,31)/b19-10+. The molecular formula is C25H19Br2ClN2O2. The summed E-state index contributed by atoms with van der Waals surface area (Å²) < 4.78 is 7.37. The first-order valence-corrected chi connectivity index (χ1v) is 11.6. The fraction of sp³-hybridized carbons (Fsp3) is 0.120. The van der Waals surface area contributed by atoms with Crippen LogP contribution in [0.25, 0.3) is 6.08 Å². The highest BCUT2D eigenvalue weighted by molar-refractivity contribution is 9.11. The van der Waals surface area contributed by atoms with Crippen molar-refractivity contribution in [3.05, 3.63) is 96.4 Å². The average Bonchev–Trinajstić information content (AvgIpc) is 2.74. The number of anilines is 1. The van der Waals surface area contributed by atoms with Gasteiger partial charge in [-0.05, 0) is 86.7 Å². The van der Waals surface area contributed by atoms with E-state index < -0.39 is 5.91 Å². The van der Waals surface area contributed by atoms with Gasteiger partial charge in [-0.15, -0.1) is 0 Å². The third-order valence-corrected chi connectivity index (χ3v) is 6.12. The van der Waals surface area contributed by atoms with Crippen LogP contribution in [0.5, 0.6) is 5.75 Å². The quantitative estimate of drug-likeness (QED) is 0.244. The fourth-order valence-corrected chi connectivity index (χ4v) is 4.76. The van der Waals surface area contributed by atoms with Crippen LogP contribution in [-0.2, 0) is 11.4 Å². The van der Waals surface area contributed by atoms with Crippen molar-refractivity contribution in [2.24, 2.45) is 0 Å². The zero-order valence-electron chi connectivity index (χ0n) is 17.4. The molecule has 0 heterocycles. The summed E-state index contributed by atoms with van der Waals surface area (Å²) >= 11 is 13.2. The summed E-state index contributed by atoms with van der Waals surface area (Å²) in [5.74, 6) is 0.106. The lowest BCUT2D eigenvalue weighted by molar-refractivity contribution is -0.112. The number of hydrogen-bond acceptors (Lipinski definition) is 3. The van der Waals surface area contributed by atoms with Gasteiger partial charge in [-0.1, -0.05) is 53.6 Å². The Bertz CT molecular complexity index is 1210. The number of carbonyl (C=O) groups is 1. The van der Waals surface area contributed by atoms with Crippen LogP contribution in [0.15, 0.2) is 69.1 Å². The molecule has 0 aliphatic rings. The van der Waals surface area contributed by atoms with E-state index in [0.717, 1.165) is 11.1 Å². The SMILES string of the molecule is Cc1cccc(COc2c(Br)cc(/C=C(\C#N)C(=O)Nc3c(C)cccc3Cl)cc2Br)c1. The van der Waals surface area contributed by atoms with Gasteiger partial charge < -0.3 is 10.1 Å². The van der Waals surface area contributed by atoms with E-state index in [1.807, 2.05) is 44.2 Å². The molecule has 1 amide bonds. The number of ether oxygens (including phenoxy) is 1. The van der Waals surface area contributed by atoms with Gasteiger partial charge in [-0.2, -0.15) is 5.26 Å². The topological polar surface area (TPSA) is 62.1 Å². The zero-order chi connectivity index (χ0) is 23.3. The van der Waals surface area contributed by atoms with Crippen molar-refractivity contribution in [1.29, 1.82) is 5.26 Å². The van der Waals surface area contributed by atoms with Gasteiger partial charge >= 0.3 is 0 Å². The summed E-state index contributed by atoms with van der Waals surface area (Å²) in [5.41, 5.74) is 4.14. The molecule has 0 aromatic heterocycles. The lowest BCUT2D eigenvalue weighted by Gasteiger charge is -2.12. The Balaban J connectivity index is 1.80. The first kappa shape index (κ1) is 24.1. The number of halogens is 3. The normalized spacial score (nSPS) is 11.1. The molecule has 0 saturated heterocycles. The van der Waals surface area contributed by atoms with Gasteiger partial charge in [0.25, 0.3) is 5.91 Å². The molecule has 0 aliphatic carbocycles. The Morgan fingerprint density at radius 1 is 1.12 bits per heavy atom. The molecule has 0 aliphatic heterocycles. The Morgan fingerprint density at radius 2 is 1.81 bits per heavy atom. The molecule has 0 radical (unpaired) electrons. The van der Waals surface area contributed by atoms with Crippen LogP contribution in [0.2, 0.25) is 5.02 Å². The van der Waals surface area contributed by atoms with Crippen LogP contribution in [0.1, 0.15) is 22.3 Å². The van der Waals surface area contributed by atoms with Crippen molar-refractivity contribution in [3.8, 4) is 11.8 Å². The second-order valence-electron chi connectivity index (χ2n) is 7.15. The van der Waals surface area contributed by atoms with Gasteiger partial charge in [0.2, 0.25) is 0 Å². The molecule has 3 aromatic carbocycles. The summed E-state index contributed by atoms with van der Waals surface area (Å²) in [6.07, 6.45) is 1.52. The molecule has 3 aromatic rings. The van der Waals surface area contributed by atoms with E-state index in [1.54, 1.807) is 24.3 Å². The Kier molecular flexibility index (Phi) is 8.14. The minimum atomic E-state index is -0.532. The second kappa shape index (κ2) is 10.8. The molecule has 162 valence electrons. The maximum Gasteiger partial charge on any atom is 0.266 e. The molecular weight excluding hydrogens is 556 g/mol. The van der Waals surface area contributed by atoms with Crippen LogP contribution >= 0.6 is 43.5 Å². The monoisotopic (exact) mass is 572 g/mol. The van der Waals surface area contributed by atoms with E-state index in [-0.39, 0.29) is 5.57 Å². The van der Waals surface area contributed by atoms with E-state index >= 15 is 0 Å². The summed E-state index contributed by atoms with van der Waals surface area (Å²) in [6, 6.07) is 19.0. The minimum Gasteiger partial charge on any atom is -0.487 e. The molecule has 32 heavy (non-hydrogen) atoms. The maximum atomic E-state index is 12.7. The maximum absolute atomic E-state index is 12.7. The van der Waals surface area contributed by atoms with Crippen LogP contribution in [0.3, 0.4) is 0 Å². The molecule has 0 fully saturated rings. The van der Waals surface area contributed by atoms with Gasteiger partial charge in [0.15, 0.2) is 0 Å². The summed E-state index contributed by atoms with van der Waals surface area (Å²) in [5, 5.41) is 12.7. The summed E-state index contributed by atoms with van der Waals surface area (Å²) in [7, 11) is 0. The number of benzene rings is 3. The van der Waals surface area contributed by atoms with E-state index in [4.69, 9.17) is 16.3 Å². The molecule has 4 nitrogen and oxygen atoms in total. The van der Waals surface area contributed by atoms with Crippen LogP contribution in [0.4, 0.5) is 5.69 Å². The van der Waals surface area contributed by atoms with E-state index in [1.165, 1.54) is 11.6 Å². The third-order valence-electron chi connectivity index (χ3n) is 4.62. The van der Waals surface area contributed by atoms with Gasteiger partial charge in [-0.3, -0.25) is 4.79 Å². The lowest BCUT2D eigenvalue weighted by atomic mass is 10.1. The number of carbonyl (C=O) groups excluding carboxylic acids is 1. The molecule has 0 unspecified atom stereocenters. The highest BCUT2D eigenvalue weighted by atomic mass is 79.9. The number of rotatable bonds is 6. The van der Waals surface area contributed by atoms with Crippen molar-refractivity contribution >= 4 is 61.1 Å². The first-order chi connectivity index (χ1) is 15.3. The number of nitriles is 1. The van der Waals surface area contributed by atoms with Crippen molar-refractivity contribution in [2.45, 2.75) is 20.5 Å². The third kappa shape index (κ3) is 6.01. The van der Waals surface area contributed by atoms with E-state index in [0.29, 0.717) is 37.6 Å².